The van der Waals surface area contributed by atoms with Gasteiger partial charge >= 0.3 is 0 Å². The third-order valence-corrected chi connectivity index (χ3v) is 7.27. The summed E-state index contributed by atoms with van der Waals surface area (Å²) in [5.74, 6) is 0. The fourth-order valence-electron chi connectivity index (χ4n) is 5.45. The number of hydrogen-bond acceptors (Lipinski definition) is 0. The van der Waals surface area contributed by atoms with Crippen molar-refractivity contribution in [3.63, 3.8) is 0 Å². The normalized spacial score (nSPS) is 11.5. The van der Waals surface area contributed by atoms with Gasteiger partial charge in [0.05, 0.1) is 11.0 Å². The van der Waals surface area contributed by atoms with E-state index < -0.39 is 0 Å². The maximum atomic E-state index is 2.39. The van der Waals surface area contributed by atoms with E-state index >= 15 is 0 Å². The van der Waals surface area contributed by atoms with E-state index in [0.717, 1.165) is 0 Å². The van der Waals surface area contributed by atoms with Gasteiger partial charge < -0.3 is 4.57 Å². The second-order valence-electron chi connectivity index (χ2n) is 9.53. The molecule has 0 saturated carbocycles. The molecule has 0 fully saturated rings. The van der Waals surface area contributed by atoms with Gasteiger partial charge in [0.1, 0.15) is 0 Å². The molecule has 1 heteroatoms. The Kier molecular flexibility index (Phi) is 4.75. The number of aryl methyl sites for hydroxylation is 1. The zero-order chi connectivity index (χ0) is 24.1. The lowest BCUT2D eigenvalue weighted by molar-refractivity contribution is 1.18. The van der Waals surface area contributed by atoms with Crippen molar-refractivity contribution in [1.29, 1.82) is 0 Å². The van der Waals surface area contributed by atoms with Gasteiger partial charge in [0, 0.05) is 16.5 Å². The van der Waals surface area contributed by atoms with Crippen LogP contribution in [0.3, 0.4) is 0 Å². The average Bonchev–Trinajstić information content (AvgIpc) is 3.26. The predicted molar refractivity (Wildman–Crippen MR) is 154 cm³/mol. The van der Waals surface area contributed by atoms with E-state index in [1.54, 1.807) is 0 Å². The predicted octanol–water partition coefficient (Wildman–Crippen LogP) is 9.58. The summed E-state index contributed by atoms with van der Waals surface area (Å²) in [5.41, 5.74) is 9.90. The summed E-state index contributed by atoms with van der Waals surface area (Å²) in [6, 6.07) is 48.5. The lowest BCUT2D eigenvalue weighted by Crippen LogP contribution is -1.93. The van der Waals surface area contributed by atoms with Crippen LogP contribution in [0.2, 0.25) is 0 Å². The Morgan fingerprint density at radius 2 is 1.06 bits per heavy atom. The fourth-order valence-corrected chi connectivity index (χ4v) is 5.45. The first-order valence-corrected chi connectivity index (χ1v) is 12.5. The largest absolute Gasteiger partial charge is 0.309 e. The van der Waals surface area contributed by atoms with E-state index in [-0.39, 0.29) is 0 Å². The van der Waals surface area contributed by atoms with Crippen molar-refractivity contribution in [2.24, 2.45) is 0 Å². The number of hydrogen-bond donors (Lipinski definition) is 0. The van der Waals surface area contributed by atoms with Gasteiger partial charge in [0.25, 0.3) is 0 Å². The molecule has 6 aromatic carbocycles. The zero-order valence-corrected chi connectivity index (χ0v) is 20.1. The Bertz CT molecular complexity index is 1870. The van der Waals surface area contributed by atoms with E-state index in [1.165, 1.54) is 66.1 Å². The Morgan fingerprint density at radius 1 is 0.444 bits per heavy atom. The number of para-hydroxylation sites is 1. The molecule has 1 aromatic heterocycles. The summed E-state index contributed by atoms with van der Waals surface area (Å²) < 4.78 is 2.39. The van der Waals surface area contributed by atoms with E-state index in [1.807, 2.05) is 0 Å². The van der Waals surface area contributed by atoms with Gasteiger partial charge in [-0.1, -0.05) is 103 Å². The summed E-state index contributed by atoms with van der Waals surface area (Å²) in [7, 11) is 0. The van der Waals surface area contributed by atoms with E-state index in [0.29, 0.717) is 0 Å². The van der Waals surface area contributed by atoms with Crippen LogP contribution in [0.1, 0.15) is 5.56 Å². The topological polar surface area (TPSA) is 4.93 Å². The SMILES string of the molecule is Cc1ccc(-c2ccc3c(c2)c2cc(-c4cccc5ccccc45)ccc2n3-c2ccccc2)cc1. The smallest absolute Gasteiger partial charge is 0.0541 e. The fraction of sp³-hybridized carbons (Fsp3) is 0.0286. The van der Waals surface area contributed by atoms with Crippen molar-refractivity contribution < 1.29 is 0 Å². The van der Waals surface area contributed by atoms with Crippen LogP contribution in [0.25, 0.3) is 60.5 Å². The molecule has 0 aliphatic rings. The van der Waals surface area contributed by atoms with E-state index in [2.05, 4.69) is 145 Å². The van der Waals surface area contributed by atoms with Crippen molar-refractivity contribution >= 4 is 32.6 Å². The molecular formula is C35H25N. The standard InChI is InChI=1S/C35H25N/c1-24-14-16-25(17-15-24)27-18-20-34-32(22-27)33-23-28(31-13-7-9-26-8-5-6-12-30(26)31)19-21-35(33)36(34)29-10-3-2-4-11-29/h2-23H,1H3. The number of fused-ring (bicyclic) bond motifs is 4. The van der Waals surface area contributed by atoms with Gasteiger partial charge in [0.2, 0.25) is 0 Å². The van der Waals surface area contributed by atoms with Gasteiger partial charge in [-0.2, -0.15) is 0 Å². The van der Waals surface area contributed by atoms with Gasteiger partial charge in [-0.25, -0.2) is 0 Å². The van der Waals surface area contributed by atoms with E-state index in [4.69, 9.17) is 0 Å². The second kappa shape index (κ2) is 8.25. The molecule has 170 valence electrons. The molecule has 0 amide bonds. The molecule has 36 heavy (non-hydrogen) atoms. The molecule has 0 saturated heterocycles. The highest BCUT2D eigenvalue weighted by molar-refractivity contribution is 6.12. The molecule has 7 rings (SSSR count). The minimum Gasteiger partial charge on any atom is -0.309 e. The van der Waals surface area contributed by atoms with Crippen LogP contribution in [0.5, 0.6) is 0 Å². The molecule has 0 aliphatic carbocycles. The molecule has 0 bridgehead atoms. The molecular weight excluding hydrogens is 434 g/mol. The molecule has 1 nitrogen and oxygen atoms in total. The van der Waals surface area contributed by atoms with Crippen molar-refractivity contribution in [3.05, 3.63) is 139 Å². The molecule has 0 N–H and O–H groups in total. The third-order valence-electron chi connectivity index (χ3n) is 7.27. The highest BCUT2D eigenvalue weighted by Crippen LogP contribution is 2.38. The highest BCUT2D eigenvalue weighted by Gasteiger charge is 2.15. The van der Waals surface area contributed by atoms with Crippen LogP contribution >= 0.6 is 0 Å². The first-order chi connectivity index (χ1) is 17.8. The number of aromatic nitrogens is 1. The van der Waals surface area contributed by atoms with Crippen molar-refractivity contribution in [1.82, 2.24) is 4.57 Å². The maximum absolute atomic E-state index is 2.39. The summed E-state index contributed by atoms with van der Waals surface area (Å²) in [6.07, 6.45) is 0. The first-order valence-electron chi connectivity index (χ1n) is 12.5. The van der Waals surface area contributed by atoms with Crippen LogP contribution in [0, 0.1) is 6.92 Å². The van der Waals surface area contributed by atoms with Crippen LogP contribution in [0.15, 0.2) is 133 Å². The summed E-state index contributed by atoms with van der Waals surface area (Å²) in [5, 5.41) is 5.09. The Morgan fingerprint density at radius 3 is 1.83 bits per heavy atom. The summed E-state index contributed by atoms with van der Waals surface area (Å²) in [4.78, 5) is 0. The highest BCUT2D eigenvalue weighted by atomic mass is 15.0. The molecule has 0 atom stereocenters. The molecule has 0 spiro atoms. The quantitative estimate of drug-likeness (QED) is 0.248. The lowest BCUT2D eigenvalue weighted by atomic mass is 9.96. The van der Waals surface area contributed by atoms with Gasteiger partial charge in [-0.15, -0.1) is 0 Å². The van der Waals surface area contributed by atoms with E-state index in [9.17, 15) is 0 Å². The Balaban J connectivity index is 1.53. The molecule has 0 unspecified atom stereocenters. The average molecular weight is 460 g/mol. The molecule has 7 aromatic rings. The van der Waals surface area contributed by atoms with Gasteiger partial charge in [0.15, 0.2) is 0 Å². The van der Waals surface area contributed by atoms with Crippen molar-refractivity contribution in [2.75, 3.05) is 0 Å². The third kappa shape index (κ3) is 3.32. The van der Waals surface area contributed by atoms with Gasteiger partial charge in [-0.05, 0) is 76.3 Å². The van der Waals surface area contributed by atoms with Gasteiger partial charge in [-0.3, -0.25) is 0 Å². The first kappa shape index (κ1) is 20.7. The second-order valence-corrected chi connectivity index (χ2v) is 9.53. The van der Waals surface area contributed by atoms with Crippen LogP contribution in [-0.2, 0) is 0 Å². The number of benzene rings is 6. The molecule has 0 radical (unpaired) electrons. The van der Waals surface area contributed by atoms with Crippen molar-refractivity contribution in [3.8, 4) is 27.9 Å². The number of rotatable bonds is 3. The minimum atomic E-state index is 1.18. The molecule has 1 heterocycles. The Labute approximate surface area is 210 Å². The van der Waals surface area contributed by atoms with Crippen molar-refractivity contribution in [2.45, 2.75) is 6.92 Å². The molecule has 0 aliphatic heterocycles. The lowest BCUT2D eigenvalue weighted by Gasteiger charge is -2.09. The monoisotopic (exact) mass is 459 g/mol. The number of nitrogens with zero attached hydrogens (tertiary/aromatic N) is 1. The Hall–Kier alpha value is -4.62. The summed E-state index contributed by atoms with van der Waals surface area (Å²) >= 11 is 0. The minimum absolute atomic E-state index is 1.18. The van der Waals surface area contributed by atoms with Crippen LogP contribution < -0.4 is 0 Å². The van der Waals surface area contributed by atoms with Crippen LogP contribution in [-0.4, -0.2) is 4.57 Å². The van der Waals surface area contributed by atoms with Crippen LogP contribution in [0.4, 0.5) is 0 Å². The summed E-state index contributed by atoms with van der Waals surface area (Å²) in [6.45, 7) is 2.13. The maximum Gasteiger partial charge on any atom is 0.0541 e. The zero-order valence-electron chi connectivity index (χ0n) is 20.1.